The fraction of sp³-hybridized carbons (Fsp3) is 0.429. The van der Waals surface area contributed by atoms with Gasteiger partial charge in [-0.15, -0.1) is 0 Å². The van der Waals surface area contributed by atoms with Crippen LogP contribution in [0.5, 0.6) is 5.19 Å². The van der Waals surface area contributed by atoms with Crippen LogP contribution in [0.2, 0.25) is 0 Å². The van der Waals surface area contributed by atoms with E-state index < -0.39 is 0 Å². The van der Waals surface area contributed by atoms with Crippen LogP contribution in [0, 0.1) is 0 Å². The van der Waals surface area contributed by atoms with Crippen LogP contribution in [0.25, 0.3) is 0 Å². The highest BCUT2D eigenvalue weighted by Crippen LogP contribution is 2.27. The third kappa shape index (κ3) is 2.28. The molecule has 66 valence electrons. The summed E-state index contributed by atoms with van der Waals surface area (Å²) < 4.78 is 5.85. The molecule has 1 rings (SSSR count). The van der Waals surface area contributed by atoms with Gasteiger partial charge in [-0.25, -0.2) is 0 Å². The van der Waals surface area contributed by atoms with E-state index in [4.69, 9.17) is 4.74 Å². The molecule has 5 heteroatoms. The minimum absolute atomic E-state index is 0.0857. The molecular weight excluding hydrogens is 242 g/mol. The van der Waals surface area contributed by atoms with Gasteiger partial charge in [-0.2, -0.15) is 4.98 Å². The zero-order chi connectivity index (χ0) is 9.14. The molecule has 0 unspecified atom stereocenters. The lowest BCUT2D eigenvalue weighted by molar-refractivity contribution is 0.112. The van der Waals surface area contributed by atoms with Crippen molar-refractivity contribution in [2.24, 2.45) is 0 Å². The number of aromatic nitrogens is 1. The summed E-state index contributed by atoms with van der Waals surface area (Å²) >= 11 is 4.39. The summed E-state index contributed by atoms with van der Waals surface area (Å²) in [6, 6.07) is 0. The number of rotatable bonds is 3. The molecule has 0 atom stereocenters. The van der Waals surface area contributed by atoms with Gasteiger partial charge >= 0.3 is 0 Å². The number of ether oxygens (including phenoxy) is 1. The lowest BCUT2D eigenvalue weighted by Crippen LogP contribution is -2.04. The molecule has 0 aliphatic heterocycles. The molecule has 0 N–H and O–H groups in total. The maximum Gasteiger partial charge on any atom is 0.275 e. The summed E-state index contributed by atoms with van der Waals surface area (Å²) in [5.41, 5.74) is 0. The van der Waals surface area contributed by atoms with Crippen LogP contribution in [0.15, 0.2) is 4.60 Å². The number of halogens is 1. The monoisotopic (exact) mass is 249 g/mol. The van der Waals surface area contributed by atoms with E-state index in [1.165, 1.54) is 11.3 Å². The summed E-state index contributed by atoms with van der Waals surface area (Å²) in [6.45, 7) is 3.83. The summed E-state index contributed by atoms with van der Waals surface area (Å²) in [7, 11) is 0. The highest BCUT2D eigenvalue weighted by molar-refractivity contribution is 9.10. The number of carbonyl (C=O) groups is 1. The van der Waals surface area contributed by atoms with Crippen LogP contribution in [0.4, 0.5) is 0 Å². The summed E-state index contributed by atoms with van der Waals surface area (Å²) in [4.78, 5) is 15.0. The fourth-order valence-corrected chi connectivity index (χ4v) is 1.98. The van der Waals surface area contributed by atoms with Crippen LogP contribution in [-0.2, 0) is 0 Å². The Labute approximate surface area is 82.9 Å². The van der Waals surface area contributed by atoms with Crippen molar-refractivity contribution >= 4 is 33.6 Å². The molecule has 0 saturated carbocycles. The third-order valence-electron chi connectivity index (χ3n) is 1.03. The van der Waals surface area contributed by atoms with E-state index in [0.29, 0.717) is 14.7 Å². The Morgan fingerprint density at radius 2 is 2.33 bits per heavy atom. The first-order valence-corrected chi connectivity index (χ1v) is 5.02. The Morgan fingerprint density at radius 1 is 1.67 bits per heavy atom. The van der Waals surface area contributed by atoms with E-state index >= 15 is 0 Å². The van der Waals surface area contributed by atoms with Crippen molar-refractivity contribution in [1.82, 2.24) is 4.98 Å². The maximum absolute atomic E-state index is 10.4. The number of carbonyl (C=O) groups excluding carboxylic acids is 1. The van der Waals surface area contributed by atoms with E-state index in [2.05, 4.69) is 20.9 Å². The normalized spacial score (nSPS) is 10.3. The average Bonchev–Trinajstić information content (AvgIpc) is 2.29. The first kappa shape index (κ1) is 9.67. The second-order valence-corrected chi connectivity index (χ2v) is 4.16. The highest BCUT2D eigenvalue weighted by atomic mass is 79.9. The predicted molar refractivity (Wildman–Crippen MR) is 51.0 cm³/mol. The van der Waals surface area contributed by atoms with Crippen molar-refractivity contribution in [3.05, 3.63) is 9.48 Å². The van der Waals surface area contributed by atoms with Crippen molar-refractivity contribution in [2.75, 3.05) is 0 Å². The standard InChI is InChI=1S/C7H8BrNO2S/c1-4(2)11-7-9-6(8)5(3-10)12-7/h3-4H,1-2H3. The van der Waals surface area contributed by atoms with Crippen LogP contribution >= 0.6 is 27.3 Å². The molecular formula is C7H8BrNO2S. The van der Waals surface area contributed by atoms with Crippen molar-refractivity contribution in [3.63, 3.8) is 0 Å². The molecule has 0 fully saturated rings. The largest absolute Gasteiger partial charge is 0.467 e. The highest BCUT2D eigenvalue weighted by Gasteiger charge is 2.09. The molecule has 1 aromatic heterocycles. The second kappa shape index (κ2) is 4.00. The number of aldehydes is 1. The van der Waals surface area contributed by atoms with Gasteiger partial charge < -0.3 is 4.74 Å². The number of thiazole rings is 1. The van der Waals surface area contributed by atoms with Gasteiger partial charge in [0.05, 0.1) is 6.10 Å². The van der Waals surface area contributed by atoms with E-state index in [0.717, 1.165) is 6.29 Å². The van der Waals surface area contributed by atoms with Gasteiger partial charge in [0.1, 0.15) is 9.48 Å². The topological polar surface area (TPSA) is 39.2 Å². The Morgan fingerprint density at radius 3 is 2.75 bits per heavy atom. The quantitative estimate of drug-likeness (QED) is 0.773. The maximum atomic E-state index is 10.4. The van der Waals surface area contributed by atoms with Crippen molar-refractivity contribution < 1.29 is 9.53 Å². The molecule has 3 nitrogen and oxygen atoms in total. The predicted octanol–water partition coefficient (Wildman–Crippen LogP) is 2.51. The summed E-state index contributed by atoms with van der Waals surface area (Å²) in [5, 5.41) is 0.527. The number of hydrogen-bond acceptors (Lipinski definition) is 4. The minimum Gasteiger partial charge on any atom is -0.467 e. The van der Waals surface area contributed by atoms with Crippen LogP contribution in [0.3, 0.4) is 0 Å². The second-order valence-electron chi connectivity index (χ2n) is 2.42. The first-order chi connectivity index (χ1) is 5.63. The smallest absolute Gasteiger partial charge is 0.275 e. The van der Waals surface area contributed by atoms with E-state index in [1.807, 2.05) is 13.8 Å². The zero-order valence-electron chi connectivity index (χ0n) is 6.70. The molecule has 0 aliphatic carbocycles. The summed E-state index contributed by atoms with van der Waals surface area (Å²) in [5.74, 6) is 0. The van der Waals surface area contributed by atoms with Gasteiger partial charge in [0, 0.05) is 0 Å². The molecule has 0 amide bonds. The van der Waals surface area contributed by atoms with Crippen LogP contribution < -0.4 is 4.74 Å². The van der Waals surface area contributed by atoms with Gasteiger partial charge in [-0.05, 0) is 29.8 Å². The number of nitrogens with zero attached hydrogens (tertiary/aromatic N) is 1. The van der Waals surface area contributed by atoms with Gasteiger partial charge in [-0.3, -0.25) is 4.79 Å². The lowest BCUT2D eigenvalue weighted by Gasteiger charge is -2.03. The third-order valence-corrected chi connectivity index (χ3v) is 2.77. The zero-order valence-corrected chi connectivity index (χ0v) is 9.11. The molecule has 12 heavy (non-hydrogen) atoms. The SMILES string of the molecule is CC(C)Oc1nc(Br)c(C=O)s1. The van der Waals surface area contributed by atoms with Gasteiger partial charge in [0.2, 0.25) is 0 Å². The lowest BCUT2D eigenvalue weighted by atomic mass is 10.5. The van der Waals surface area contributed by atoms with Crippen LogP contribution in [0.1, 0.15) is 23.5 Å². The van der Waals surface area contributed by atoms with Crippen molar-refractivity contribution in [3.8, 4) is 5.19 Å². The van der Waals surface area contributed by atoms with E-state index in [9.17, 15) is 4.79 Å². The molecule has 0 spiro atoms. The van der Waals surface area contributed by atoms with Crippen molar-refractivity contribution in [2.45, 2.75) is 20.0 Å². The number of hydrogen-bond donors (Lipinski definition) is 0. The Hall–Kier alpha value is -0.420. The average molecular weight is 250 g/mol. The minimum atomic E-state index is 0.0857. The molecule has 0 aromatic carbocycles. The van der Waals surface area contributed by atoms with Gasteiger partial charge in [-0.1, -0.05) is 11.3 Å². The molecule has 0 bridgehead atoms. The molecule has 0 radical (unpaired) electrons. The molecule has 1 aromatic rings. The fourth-order valence-electron chi connectivity index (χ4n) is 0.619. The van der Waals surface area contributed by atoms with Crippen molar-refractivity contribution in [1.29, 1.82) is 0 Å². The summed E-state index contributed by atoms with van der Waals surface area (Å²) in [6.07, 6.45) is 0.845. The van der Waals surface area contributed by atoms with E-state index in [1.54, 1.807) is 0 Å². The van der Waals surface area contributed by atoms with E-state index in [-0.39, 0.29) is 6.10 Å². The Kier molecular flexibility index (Phi) is 3.22. The van der Waals surface area contributed by atoms with Gasteiger partial charge in [0.15, 0.2) is 6.29 Å². The molecule has 0 saturated heterocycles. The molecule has 1 heterocycles. The molecule has 0 aliphatic rings. The Balaban J connectivity index is 2.82. The van der Waals surface area contributed by atoms with Crippen LogP contribution in [-0.4, -0.2) is 17.4 Å². The Bertz CT molecular complexity index is 285. The van der Waals surface area contributed by atoms with Gasteiger partial charge in [0.25, 0.3) is 5.19 Å². The first-order valence-electron chi connectivity index (χ1n) is 3.41.